The van der Waals surface area contributed by atoms with Crippen LogP contribution < -0.4 is 5.32 Å². The summed E-state index contributed by atoms with van der Waals surface area (Å²) in [6.07, 6.45) is 1.14. The van der Waals surface area contributed by atoms with Gasteiger partial charge in [0.05, 0.1) is 18.3 Å². The first-order chi connectivity index (χ1) is 14.3. The SMILES string of the molecule is CC(C)(C)c1ccc(Cn2nccc2NC(=O)C2Cc3ccccc3C(=O)O2)cc1. The number of carbonyl (C=O) groups excluding carboxylic acids is 2. The van der Waals surface area contributed by atoms with Gasteiger partial charge < -0.3 is 10.1 Å². The lowest BCUT2D eigenvalue weighted by molar-refractivity contribution is -0.125. The third kappa shape index (κ3) is 4.13. The van der Waals surface area contributed by atoms with Crippen molar-refractivity contribution in [1.29, 1.82) is 0 Å². The summed E-state index contributed by atoms with van der Waals surface area (Å²) >= 11 is 0. The second-order valence-electron chi connectivity index (χ2n) is 8.57. The van der Waals surface area contributed by atoms with Crippen molar-refractivity contribution in [2.24, 2.45) is 0 Å². The summed E-state index contributed by atoms with van der Waals surface area (Å²) in [5.74, 6) is -0.262. The quantitative estimate of drug-likeness (QED) is 0.670. The molecule has 0 saturated heterocycles. The van der Waals surface area contributed by atoms with Gasteiger partial charge >= 0.3 is 5.97 Å². The number of benzene rings is 2. The molecule has 0 aliphatic carbocycles. The van der Waals surface area contributed by atoms with Gasteiger partial charge in [0.15, 0.2) is 6.10 Å². The van der Waals surface area contributed by atoms with E-state index in [1.54, 1.807) is 29.1 Å². The number of nitrogens with zero attached hydrogens (tertiary/aromatic N) is 2. The van der Waals surface area contributed by atoms with Gasteiger partial charge in [-0.05, 0) is 28.2 Å². The Labute approximate surface area is 175 Å². The second kappa shape index (κ2) is 7.78. The van der Waals surface area contributed by atoms with E-state index >= 15 is 0 Å². The molecule has 1 N–H and O–H groups in total. The van der Waals surface area contributed by atoms with Crippen molar-refractivity contribution >= 4 is 17.7 Å². The van der Waals surface area contributed by atoms with Gasteiger partial charge in [0, 0.05) is 12.5 Å². The minimum Gasteiger partial charge on any atom is -0.448 e. The van der Waals surface area contributed by atoms with Crippen molar-refractivity contribution in [1.82, 2.24) is 9.78 Å². The van der Waals surface area contributed by atoms with Crippen molar-refractivity contribution in [2.75, 3.05) is 5.32 Å². The van der Waals surface area contributed by atoms with Crippen LogP contribution in [0, 0.1) is 0 Å². The number of esters is 1. The number of nitrogens with one attached hydrogen (secondary N) is 1. The van der Waals surface area contributed by atoms with Crippen LogP contribution >= 0.6 is 0 Å². The van der Waals surface area contributed by atoms with E-state index in [-0.39, 0.29) is 11.3 Å². The molecule has 1 unspecified atom stereocenters. The largest absolute Gasteiger partial charge is 0.448 e. The Kier molecular flexibility index (Phi) is 5.16. The molecule has 0 fully saturated rings. The summed E-state index contributed by atoms with van der Waals surface area (Å²) in [5, 5.41) is 7.18. The molecule has 30 heavy (non-hydrogen) atoms. The minimum atomic E-state index is -0.859. The summed E-state index contributed by atoms with van der Waals surface area (Å²) in [6, 6.07) is 17.3. The summed E-state index contributed by atoms with van der Waals surface area (Å²) in [7, 11) is 0. The molecule has 1 aromatic heterocycles. The molecule has 1 aliphatic heterocycles. The average molecular weight is 403 g/mol. The zero-order valence-electron chi connectivity index (χ0n) is 17.4. The fourth-order valence-electron chi connectivity index (χ4n) is 3.53. The van der Waals surface area contributed by atoms with Crippen LogP contribution in [0.25, 0.3) is 0 Å². The standard InChI is InChI=1S/C24H25N3O3/c1-24(2,3)18-10-8-16(9-11-18)15-27-21(12-13-25-27)26-22(28)20-14-17-6-4-5-7-19(17)23(29)30-20/h4-13,20H,14-15H2,1-3H3,(H,26,28). The first-order valence-electron chi connectivity index (χ1n) is 10.0. The molecular formula is C24H25N3O3. The van der Waals surface area contributed by atoms with Crippen molar-refractivity contribution in [3.63, 3.8) is 0 Å². The van der Waals surface area contributed by atoms with Gasteiger partial charge in [0.1, 0.15) is 5.82 Å². The van der Waals surface area contributed by atoms with E-state index in [0.717, 1.165) is 11.1 Å². The van der Waals surface area contributed by atoms with E-state index in [2.05, 4.69) is 55.5 Å². The molecule has 1 aliphatic rings. The van der Waals surface area contributed by atoms with E-state index in [9.17, 15) is 9.59 Å². The maximum atomic E-state index is 12.8. The molecule has 1 amide bonds. The van der Waals surface area contributed by atoms with Crippen LogP contribution in [0.3, 0.4) is 0 Å². The molecule has 6 nitrogen and oxygen atoms in total. The van der Waals surface area contributed by atoms with Gasteiger partial charge in [-0.3, -0.25) is 4.79 Å². The molecule has 2 heterocycles. The van der Waals surface area contributed by atoms with Crippen LogP contribution in [-0.2, 0) is 27.9 Å². The van der Waals surface area contributed by atoms with Gasteiger partial charge in [-0.25, -0.2) is 9.48 Å². The Morgan fingerprint density at radius 2 is 1.87 bits per heavy atom. The number of rotatable bonds is 4. The first-order valence-corrected chi connectivity index (χ1v) is 10.0. The third-order valence-corrected chi connectivity index (χ3v) is 5.30. The molecule has 154 valence electrons. The van der Waals surface area contributed by atoms with Gasteiger partial charge in [-0.1, -0.05) is 63.2 Å². The highest BCUT2D eigenvalue weighted by Crippen LogP contribution is 2.24. The zero-order valence-corrected chi connectivity index (χ0v) is 17.4. The van der Waals surface area contributed by atoms with Gasteiger partial charge in [0.25, 0.3) is 5.91 Å². The van der Waals surface area contributed by atoms with E-state index in [1.807, 2.05) is 12.1 Å². The van der Waals surface area contributed by atoms with Crippen molar-refractivity contribution in [3.05, 3.63) is 83.0 Å². The summed E-state index contributed by atoms with van der Waals surface area (Å²) in [5.41, 5.74) is 3.78. The lowest BCUT2D eigenvalue weighted by Gasteiger charge is -2.23. The summed E-state index contributed by atoms with van der Waals surface area (Å²) in [4.78, 5) is 24.9. The highest BCUT2D eigenvalue weighted by atomic mass is 16.5. The predicted molar refractivity (Wildman–Crippen MR) is 114 cm³/mol. The Morgan fingerprint density at radius 3 is 2.60 bits per heavy atom. The number of ether oxygens (including phenoxy) is 1. The number of fused-ring (bicyclic) bond motifs is 1. The lowest BCUT2D eigenvalue weighted by Crippen LogP contribution is -2.38. The third-order valence-electron chi connectivity index (χ3n) is 5.30. The van der Waals surface area contributed by atoms with E-state index in [0.29, 0.717) is 24.3 Å². The zero-order chi connectivity index (χ0) is 21.3. The molecule has 4 rings (SSSR count). The summed E-state index contributed by atoms with van der Waals surface area (Å²) in [6.45, 7) is 7.07. The van der Waals surface area contributed by atoms with Crippen molar-refractivity contribution in [3.8, 4) is 0 Å². The number of amides is 1. The lowest BCUT2D eigenvalue weighted by atomic mass is 9.87. The van der Waals surface area contributed by atoms with E-state index in [1.165, 1.54) is 5.56 Å². The Morgan fingerprint density at radius 1 is 1.13 bits per heavy atom. The maximum absolute atomic E-state index is 12.8. The maximum Gasteiger partial charge on any atom is 0.339 e. The Hall–Kier alpha value is -3.41. The predicted octanol–water partition coefficient (Wildman–Crippen LogP) is 3.95. The fraction of sp³-hybridized carbons (Fsp3) is 0.292. The first kappa shape index (κ1) is 19.9. The smallest absolute Gasteiger partial charge is 0.339 e. The molecule has 0 bridgehead atoms. The number of carbonyl (C=O) groups is 2. The molecule has 2 aromatic carbocycles. The van der Waals surface area contributed by atoms with Gasteiger partial charge in [-0.2, -0.15) is 5.10 Å². The van der Waals surface area contributed by atoms with Crippen LogP contribution in [-0.4, -0.2) is 27.8 Å². The minimum absolute atomic E-state index is 0.0966. The number of hydrogen-bond donors (Lipinski definition) is 1. The topological polar surface area (TPSA) is 73.2 Å². The Balaban J connectivity index is 1.45. The molecule has 6 heteroatoms. The van der Waals surface area contributed by atoms with Gasteiger partial charge in [-0.15, -0.1) is 0 Å². The van der Waals surface area contributed by atoms with Crippen LogP contribution in [0.15, 0.2) is 60.8 Å². The molecule has 0 saturated carbocycles. The van der Waals surface area contributed by atoms with E-state index < -0.39 is 12.1 Å². The molecule has 3 aromatic rings. The average Bonchev–Trinajstić information content (AvgIpc) is 3.14. The fourth-order valence-corrected chi connectivity index (χ4v) is 3.53. The summed E-state index contributed by atoms with van der Waals surface area (Å²) < 4.78 is 7.07. The van der Waals surface area contributed by atoms with Crippen molar-refractivity contribution in [2.45, 2.75) is 45.3 Å². The number of anilines is 1. The van der Waals surface area contributed by atoms with Gasteiger partial charge in [0.2, 0.25) is 0 Å². The molecule has 0 spiro atoms. The Bertz CT molecular complexity index is 1080. The number of cyclic esters (lactones) is 1. The number of hydrogen-bond acceptors (Lipinski definition) is 4. The molecule has 0 radical (unpaired) electrons. The van der Waals surface area contributed by atoms with Crippen molar-refractivity contribution < 1.29 is 14.3 Å². The monoisotopic (exact) mass is 403 g/mol. The molecular weight excluding hydrogens is 378 g/mol. The van der Waals surface area contributed by atoms with E-state index in [4.69, 9.17) is 4.74 Å². The molecule has 1 atom stereocenters. The highest BCUT2D eigenvalue weighted by molar-refractivity contribution is 5.99. The van der Waals surface area contributed by atoms with Crippen LogP contribution in [0.2, 0.25) is 0 Å². The normalized spacial score (nSPS) is 16.0. The van der Waals surface area contributed by atoms with Crippen LogP contribution in [0.5, 0.6) is 0 Å². The second-order valence-corrected chi connectivity index (χ2v) is 8.57. The number of aromatic nitrogens is 2. The van der Waals surface area contributed by atoms with Crippen LogP contribution in [0.4, 0.5) is 5.82 Å². The van der Waals surface area contributed by atoms with Crippen LogP contribution in [0.1, 0.15) is 47.8 Å². The highest BCUT2D eigenvalue weighted by Gasteiger charge is 2.31.